The summed E-state index contributed by atoms with van der Waals surface area (Å²) in [5.41, 5.74) is 1.97. The summed E-state index contributed by atoms with van der Waals surface area (Å²) in [6, 6.07) is 5.86. The number of hydrogen-bond acceptors (Lipinski definition) is 4. The van der Waals surface area contributed by atoms with Gasteiger partial charge in [-0.1, -0.05) is 0 Å². The first-order valence-corrected chi connectivity index (χ1v) is 8.71. The van der Waals surface area contributed by atoms with Gasteiger partial charge in [-0.3, -0.25) is 4.79 Å². The van der Waals surface area contributed by atoms with Gasteiger partial charge in [0.15, 0.2) is 0 Å². The molecule has 1 aromatic heterocycles. The Morgan fingerprint density at radius 3 is 3.14 bits per heavy atom. The van der Waals surface area contributed by atoms with Crippen LogP contribution in [-0.4, -0.2) is 42.1 Å². The van der Waals surface area contributed by atoms with Crippen molar-refractivity contribution in [2.45, 2.75) is 26.2 Å². The highest BCUT2D eigenvalue weighted by Crippen LogP contribution is 2.38. The molecule has 0 aliphatic carbocycles. The van der Waals surface area contributed by atoms with E-state index in [-0.39, 0.29) is 11.3 Å². The summed E-state index contributed by atoms with van der Waals surface area (Å²) in [6.45, 7) is 5.37. The van der Waals surface area contributed by atoms with Crippen molar-refractivity contribution in [3.05, 3.63) is 28.8 Å². The topological polar surface area (TPSA) is 42.4 Å². The summed E-state index contributed by atoms with van der Waals surface area (Å²) in [7, 11) is 0. The van der Waals surface area contributed by atoms with E-state index in [1.54, 1.807) is 11.3 Å². The molecule has 1 atom stereocenters. The van der Waals surface area contributed by atoms with E-state index in [4.69, 9.17) is 4.74 Å². The number of hydrogen-bond donors (Lipinski definition) is 0. The number of nitrogens with zero attached hydrogens (tertiary/aromatic N) is 2. The van der Waals surface area contributed by atoms with Crippen molar-refractivity contribution in [2.24, 2.45) is 5.41 Å². The normalized spacial score (nSPS) is 25.2. The van der Waals surface area contributed by atoms with Crippen LogP contribution in [0.15, 0.2) is 18.2 Å². The molecule has 1 spiro atoms. The summed E-state index contributed by atoms with van der Waals surface area (Å²) >= 11 is 1.65. The summed E-state index contributed by atoms with van der Waals surface area (Å²) < 4.78 is 6.75. The fourth-order valence-electron chi connectivity index (χ4n) is 3.70. The van der Waals surface area contributed by atoms with Crippen LogP contribution in [-0.2, 0) is 4.74 Å². The molecule has 1 amide bonds. The molecule has 2 aliphatic rings. The first-order chi connectivity index (χ1) is 10.7. The van der Waals surface area contributed by atoms with Crippen molar-refractivity contribution in [1.29, 1.82) is 0 Å². The van der Waals surface area contributed by atoms with E-state index in [0.717, 1.165) is 59.9 Å². The summed E-state index contributed by atoms with van der Waals surface area (Å²) in [5.74, 6) is 0.149. The molecule has 4 nitrogen and oxygen atoms in total. The zero-order valence-corrected chi connectivity index (χ0v) is 13.6. The van der Waals surface area contributed by atoms with Crippen LogP contribution in [0, 0.1) is 12.3 Å². The molecule has 0 saturated carbocycles. The Hall–Kier alpha value is -1.46. The minimum absolute atomic E-state index is 0.149. The zero-order chi connectivity index (χ0) is 15.2. The number of amides is 1. The molecular weight excluding hydrogens is 296 g/mol. The molecule has 116 valence electrons. The van der Waals surface area contributed by atoms with E-state index in [1.165, 1.54) is 6.42 Å². The number of ether oxygens (including phenoxy) is 1. The molecule has 2 aromatic rings. The Balaban J connectivity index is 1.55. The number of fused-ring (bicyclic) bond motifs is 1. The van der Waals surface area contributed by atoms with Gasteiger partial charge in [-0.05, 0) is 44.4 Å². The van der Waals surface area contributed by atoms with Crippen LogP contribution in [0.5, 0.6) is 0 Å². The number of thiazole rings is 1. The van der Waals surface area contributed by atoms with Crippen molar-refractivity contribution >= 4 is 27.5 Å². The fraction of sp³-hybridized carbons (Fsp3) is 0.529. The lowest BCUT2D eigenvalue weighted by atomic mass is 9.82. The molecule has 0 radical (unpaired) electrons. The molecule has 0 bridgehead atoms. The molecule has 4 rings (SSSR count). The number of carbonyl (C=O) groups excluding carboxylic acids is 1. The Labute approximate surface area is 134 Å². The van der Waals surface area contributed by atoms with Crippen molar-refractivity contribution in [3.8, 4) is 0 Å². The number of aromatic nitrogens is 1. The van der Waals surface area contributed by atoms with Crippen LogP contribution in [0.2, 0.25) is 0 Å². The molecule has 5 heteroatoms. The predicted molar refractivity (Wildman–Crippen MR) is 87.4 cm³/mol. The lowest BCUT2D eigenvalue weighted by Gasteiger charge is -2.33. The highest BCUT2D eigenvalue weighted by molar-refractivity contribution is 7.18. The number of aryl methyl sites for hydroxylation is 1. The third-order valence-electron chi connectivity index (χ3n) is 4.87. The van der Waals surface area contributed by atoms with Gasteiger partial charge >= 0.3 is 0 Å². The quantitative estimate of drug-likeness (QED) is 0.811. The lowest BCUT2D eigenvalue weighted by molar-refractivity contribution is -0.00160. The fourth-order valence-corrected chi connectivity index (χ4v) is 4.56. The molecular formula is C17H20N2O2S. The van der Waals surface area contributed by atoms with Crippen LogP contribution in [0.3, 0.4) is 0 Å². The van der Waals surface area contributed by atoms with Gasteiger partial charge in [-0.25, -0.2) is 4.98 Å². The third-order valence-corrected chi connectivity index (χ3v) is 5.81. The van der Waals surface area contributed by atoms with Gasteiger partial charge in [0.1, 0.15) is 0 Å². The van der Waals surface area contributed by atoms with Crippen LogP contribution >= 0.6 is 11.3 Å². The van der Waals surface area contributed by atoms with Crippen molar-refractivity contribution in [1.82, 2.24) is 9.88 Å². The van der Waals surface area contributed by atoms with Crippen LogP contribution in [0.4, 0.5) is 0 Å². The Bertz CT molecular complexity index is 719. The second-order valence-electron chi connectivity index (χ2n) is 6.55. The first kappa shape index (κ1) is 14.2. The van der Waals surface area contributed by atoms with E-state index in [1.807, 2.05) is 30.0 Å². The average molecular weight is 316 g/mol. The molecule has 1 unspecified atom stereocenters. The number of benzene rings is 1. The molecule has 3 heterocycles. The largest absolute Gasteiger partial charge is 0.381 e. The van der Waals surface area contributed by atoms with E-state index in [9.17, 15) is 4.79 Å². The van der Waals surface area contributed by atoms with E-state index in [2.05, 4.69) is 4.98 Å². The molecule has 2 saturated heterocycles. The van der Waals surface area contributed by atoms with Gasteiger partial charge in [0.2, 0.25) is 0 Å². The average Bonchev–Trinajstić information content (AvgIpc) is 3.09. The maximum absolute atomic E-state index is 12.8. The van der Waals surface area contributed by atoms with E-state index in [0.29, 0.717) is 0 Å². The Morgan fingerprint density at radius 2 is 2.32 bits per heavy atom. The van der Waals surface area contributed by atoms with Crippen LogP contribution in [0.1, 0.15) is 34.6 Å². The minimum atomic E-state index is 0.149. The Kier molecular flexibility index (Phi) is 3.42. The van der Waals surface area contributed by atoms with Gasteiger partial charge in [-0.15, -0.1) is 11.3 Å². The van der Waals surface area contributed by atoms with E-state index >= 15 is 0 Å². The van der Waals surface area contributed by atoms with E-state index < -0.39 is 0 Å². The Morgan fingerprint density at radius 1 is 1.41 bits per heavy atom. The maximum atomic E-state index is 12.8. The number of carbonyl (C=O) groups is 1. The molecule has 0 N–H and O–H groups in total. The van der Waals surface area contributed by atoms with Crippen molar-refractivity contribution < 1.29 is 9.53 Å². The number of rotatable bonds is 1. The molecule has 2 fully saturated rings. The number of likely N-dealkylation sites (tertiary alicyclic amines) is 1. The molecule has 2 aliphatic heterocycles. The van der Waals surface area contributed by atoms with Gasteiger partial charge in [-0.2, -0.15) is 0 Å². The van der Waals surface area contributed by atoms with Crippen LogP contribution in [0.25, 0.3) is 10.2 Å². The molecule has 1 aromatic carbocycles. The smallest absolute Gasteiger partial charge is 0.253 e. The van der Waals surface area contributed by atoms with Gasteiger partial charge in [0.05, 0.1) is 21.8 Å². The van der Waals surface area contributed by atoms with Crippen molar-refractivity contribution in [3.63, 3.8) is 0 Å². The van der Waals surface area contributed by atoms with Gasteiger partial charge < -0.3 is 9.64 Å². The standard InChI is InChI=1S/C17H20N2O2S/c1-12-18-14-4-3-13(9-15(14)22-12)16(20)19-7-6-17(10-19)5-2-8-21-11-17/h3-4,9H,2,5-8,10-11H2,1H3. The highest BCUT2D eigenvalue weighted by Gasteiger charge is 2.41. The second kappa shape index (κ2) is 5.32. The minimum Gasteiger partial charge on any atom is -0.381 e. The summed E-state index contributed by atoms with van der Waals surface area (Å²) in [6.07, 6.45) is 3.37. The zero-order valence-electron chi connectivity index (χ0n) is 12.8. The monoisotopic (exact) mass is 316 g/mol. The van der Waals surface area contributed by atoms with Crippen LogP contribution < -0.4 is 0 Å². The van der Waals surface area contributed by atoms with Crippen molar-refractivity contribution in [2.75, 3.05) is 26.3 Å². The summed E-state index contributed by atoms with van der Waals surface area (Å²) in [5, 5.41) is 1.04. The second-order valence-corrected chi connectivity index (χ2v) is 7.78. The summed E-state index contributed by atoms with van der Waals surface area (Å²) in [4.78, 5) is 19.3. The first-order valence-electron chi connectivity index (χ1n) is 7.90. The van der Waals surface area contributed by atoms with Gasteiger partial charge in [0.25, 0.3) is 5.91 Å². The van der Waals surface area contributed by atoms with Gasteiger partial charge in [0, 0.05) is 30.7 Å². The third kappa shape index (κ3) is 2.42. The SMILES string of the molecule is Cc1nc2ccc(C(=O)N3CCC4(CCCOC4)C3)cc2s1. The lowest BCUT2D eigenvalue weighted by Crippen LogP contribution is -2.37. The highest BCUT2D eigenvalue weighted by atomic mass is 32.1. The molecule has 22 heavy (non-hydrogen) atoms. The maximum Gasteiger partial charge on any atom is 0.253 e. The predicted octanol–water partition coefficient (Wildman–Crippen LogP) is 3.25.